The minimum absolute atomic E-state index is 0.0667. The van der Waals surface area contributed by atoms with Gasteiger partial charge in [-0.1, -0.05) is 99.3 Å². The number of carbonyl (C=O) groups excluding carboxylic acids is 1. The van der Waals surface area contributed by atoms with Gasteiger partial charge in [-0.3, -0.25) is 0 Å². The average molecular weight is 516 g/mol. The smallest absolute Gasteiger partial charge is 0.408 e. The van der Waals surface area contributed by atoms with Crippen molar-refractivity contribution in [1.82, 2.24) is 5.32 Å². The van der Waals surface area contributed by atoms with Crippen molar-refractivity contribution in [3.8, 4) is 23.0 Å². The highest BCUT2D eigenvalue weighted by molar-refractivity contribution is 6.74. The molecule has 6 heteroatoms. The molecule has 0 aliphatic carbocycles. The van der Waals surface area contributed by atoms with Crippen LogP contribution in [-0.4, -0.2) is 26.1 Å². The number of amides is 1. The Hall–Kier alpha value is -3.37. The van der Waals surface area contributed by atoms with E-state index in [1.165, 1.54) is 0 Å². The maximum Gasteiger partial charge on any atom is 0.408 e. The quantitative estimate of drug-likeness (QED) is 0.260. The van der Waals surface area contributed by atoms with E-state index in [1.807, 2.05) is 48.5 Å². The molecule has 0 saturated carbocycles. The van der Waals surface area contributed by atoms with Crippen LogP contribution in [0.3, 0.4) is 0 Å². The topological polar surface area (TPSA) is 67.8 Å². The molecule has 0 heterocycles. The molecule has 3 aromatic rings. The minimum atomic E-state index is -1.82. The highest BCUT2D eigenvalue weighted by Gasteiger charge is 2.36. The van der Waals surface area contributed by atoms with E-state index < -0.39 is 14.4 Å². The van der Waals surface area contributed by atoms with E-state index in [1.54, 1.807) is 0 Å². The Morgan fingerprint density at radius 3 is 2.22 bits per heavy atom. The zero-order chi connectivity index (χ0) is 26.9. The standard InChI is InChI=1S/C31H37NO4Si/c1-31(2,3)37(4,5)36-23-25-13-16-27(17-14-25)29-18-15-26(21-33)20-28(29)12-9-19-32-30(34)35-22-24-10-7-6-8-11-24/h6-8,10-11,13-18,20,33H,19,21-23H2,1-5H3,(H,32,34). The number of hydrogen-bond donors (Lipinski definition) is 2. The van der Waals surface area contributed by atoms with E-state index in [0.717, 1.165) is 33.4 Å². The SMILES string of the molecule is CC(C)(C)[Si](C)(C)OCc1ccc(-c2ccc(CO)cc2C#CCNC(=O)OCc2ccccc2)cc1. The van der Waals surface area contributed by atoms with Gasteiger partial charge in [0.15, 0.2) is 8.32 Å². The van der Waals surface area contributed by atoms with E-state index in [2.05, 4.69) is 75.3 Å². The van der Waals surface area contributed by atoms with Gasteiger partial charge in [0.2, 0.25) is 0 Å². The summed E-state index contributed by atoms with van der Waals surface area (Å²) in [6.07, 6.45) is -0.516. The summed E-state index contributed by atoms with van der Waals surface area (Å²) in [4.78, 5) is 12.0. The summed E-state index contributed by atoms with van der Waals surface area (Å²) in [7, 11) is -1.82. The first-order valence-electron chi connectivity index (χ1n) is 12.5. The van der Waals surface area contributed by atoms with Crippen molar-refractivity contribution in [3.05, 3.63) is 95.1 Å². The third-order valence-electron chi connectivity index (χ3n) is 6.69. The van der Waals surface area contributed by atoms with E-state index in [4.69, 9.17) is 9.16 Å². The average Bonchev–Trinajstić information content (AvgIpc) is 2.89. The van der Waals surface area contributed by atoms with Crippen LogP contribution in [0, 0.1) is 11.8 Å². The lowest BCUT2D eigenvalue weighted by Gasteiger charge is -2.36. The van der Waals surface area contributed by atoms with Crippen molar-refractivity contribution in [2.75, 3.05) is 6.54 Å². The number of carbonyl (C=O) groups is 1. The molecule has 194 valence electrons. The molecular weight excluding hydrogens is 478 g/mol. The first-order valence-corrected chi connectivity index (χ1v) is 15.4. The molecule has 0 saturated heterocycles. The summed E-state index contributed by atoms with van der Waals surface area (Å²) < 4.78 is 11.6. The number of benzene rings is 3. The third-order valence-corrected chi connectivity index (χ3v) is 11.2. The number of hydrogen-bond acceptors (Lipinski definition) is 4. The van der Waals surface area contributed by atoms with Crippen molar-refractivity contribution in [2.45, 2.75) is 58.7 Å². The fourth-order valence-corrected chi connectivity index (χ4v) is 4.30. The molecule has 0 radical (unpaired) electrons. The van der Waals surface area contributed by atoms with Crippen LogP contribution in [0.2, 0.25) is 18.1 Å². The van der Waals surface area contributed by atoms with Gasteiger partial charge in [0, 0.05) is 5.56 Å². The van der Waals surface area contributed by atoms with Gasteiger partial charge in [0.05, 0.1) is 19.8 Å². The summed E-state index contributed by atoms with van der Waals surface area (Å²) in [5.74, 6) is 6.14. The molecule has 0 fully saturated rings. The molecule has 37 heavy (non-hydrogen) atoms. The van der Waals surface area contributed by atoms with Crippen LogP contribution in [0.1, 0.15) is 43.0 Å². The molecule has 2 N–H and O–H groups in total. The second kappa shape index (κ2) is 12.7. The summed E-state index contributed by atoms with van der Waals surface area (Å²) >= 11 is 0. The van der Waals surface area contributed by atoms with E-state index in [-0.39, 0.29) is 24.8 Å². The first kappa shape index (κ1) is 28.2. The molecule has 0 unspecified atom stereocenters. The lowest BCUT2D eigenvalue weighted by molar-refractivity contribution is 0.141. The number of rotatable bonds is 8. The molecular formula is C31H37NO4Si. The maximum absolute atomic E-state index is 12.0. The largest absolute Gasteiger partial charge is 0.445 e. The van der Waals surface area contributed by atoms with Crippen molar-refractivity contribution in [2.24, 2.45) is 0 Å². The Kier molecular flexibility index (Phi) is 9.71. The highest BCUT2D eigenvalue weighted by Crippen LogP contribution is 2.37. The van der Waals surface area contributed by atoms with Crippen molar-refractivity contribution < 1.29 is 19.1 Å². The zero-order valence-corrected chi connectivity index (χ0v) is 23.4. The van der Waals surface area contributed by atoms with Gasteiger partial charge in [-0.25, -0.2) is 4.79 Å². The molecule has 1 amide bonds. The lowest BCUT2D eigenvalue weighted by Crippen LogP contribution is -2.40. The molecule has 0 bridgehead atoms. The molecule has 5 nitrogen and oxygen atoms in total. The van der Waals surface area contributed by atoms with Crippen molar-refractivity contribution >= 4 is 14.4 Å². The summed E-state index contributed by atoms with van der Waals surface area (Å²) in [6, 6.07) is 23.6. The maximum atomic E-state index is 12.0. The summed E-state index contributed by atoms with van der Waals surface area (Å²) in [5, 5.41) is 12.4. The monoisotopic (exact) mass is 515 g/mol. The highest BCUT2D eigenvalue weighted by atomic mass is 28.4. The summed E-state index contributed by atoms with van der Waals surface area (Å²) in [5.41, 5.74) is 5.62. The fourth-order valence-electron chi connectivity index (χ4n) is 3.34. The molecule has 0 atom stereocenters. The second-order valence-corrected chi connectivity index (χ2v) is 15.3. The Bertz CT molecular complexity index is 1240. The molecule has 0 aliphatic rings. The van der Waals surface area contributed by atoms with Gasteiger partial charge in [-0.15, -0.1) is 0 Å². The van der Waals surface area contributed by atoms with Gasteiger partial charge in [-0.2, -0.15) is 0 Å². The van der Waals surface area contributed by atoms with Crippen LogP contribution in [0.15, 0.2) is 72.8 Å². The Labute approximate surface area is 222 Å². The fraction of sp³-hybridized carbons (Fsp3) is 0.323. The Morgan fingerprint density at radius 1 is 0.919 bits per heavy atom. The number of nitrogens with one attached hydrogen (secondary N) is 1. The third kappa shape index (κ3) is 8.33. The van der Waals surface area contributed by atoms with Crippen LogP contribution in [0.4, 0.5) is 4.79 Å². The Morgan fingerprint density at radius 2 is 1.57 bits per heavy atom. The molecule has 0 spiro atoms. The van der Waals surface area contributed by atoms with Crippen molar-refractivity contribution in [1.29, 1.82) is 0 Å². The number of ether oxygens (including phenoxy) is 1. The molecule has 0 aliphatic heterocycles. The van der Waals surface area contributed by atoms with Gasteiger partial charge in [0.1, 0.15) is 6.61 Å². The normalized spacial score (nSPS) is 11.4. The van der Waals surface area contributed by atoms with E-state index in [0.29, 0.717) is 6.61 Å². The molecule has 3 rings (SSSR count). The second-order valence-electron chi connectivity index (χ2n) is 10.5. The van der Waals surface area contributed by atoms with Crippen LogP contribution in [-0.2, 0) is 29.0 Å². The van der Waals surface area contributed by atoms with Crippen LogP contribution in [0.25, 0.3) is 11.1 Å². The minimum Gasteiger partial charge on any atom is -0.445 e. The number of aliphatic hydroxyl groups is 1. The Balaban J connectivity index is 1.65. The van der Waals surface area contributed by atoms with Gasteiger partial charge in [-0.05, 0) is 52.0 Å². The van der Waals surface area contributed by atoms with Gasteiger partial charge >= 0.3 is 6.09 Å². The van der Waals surface area contributed by atoms with E-state index >= 15 is 0 Å². The van der Waals surface area contributed by atoms with Crippen LogP contribution >= 0.6 is 0 Å². The lowest BCUT2D eigenvalue weighted by atomic mass is 9.97. The zero-order valence-electron chi connectivity index (χ0n) is 22.4. The molecule has 3 aromatic carbocycles. The van der Waals surface area contributed by atoms with Crippen LogP contribution in [0.5, 0.6) is 0 Å². The van der Waals surface area contributed by atoms with E-state index in [9.17, 15) is 9.90 Å². The number of alkyl carbamates (subject to hydrolysis) is 1. The summed E-state index contributed by atoms with van der Waals surface area (Å²) in [6.45, 7) is 12.1. The van der Waals surface area contributed by atoms with Crippen molar-refractivity contribution in [3.63, 3.8) is 0 Å². The predicted molar refractivity (Wildman–Crippen MR) is 151 cm³/mol. The molecule has 0 aromatic heterocycles. The number of aliphatic hydroxyl groups excluding tert-OH is 1. The predicted octanol–water partition coefficient (Wildman–Crippen LogP) is 6.65. The van der Waals surface area contributed by atoms with Gasteiger partial charge in [0.25, 0.3) is 0 Å². The van der Waals surface area contributed by atoms with Crippen LogP contribution < -0.4 is 5.32 Å². The van der Waals surface area contributed by atoms with Gasteiger partial charge < -0.3 is 19.6 Å². The first-order chi connectivity index (χ1) is 17.6.